The number of rotatable bonds is 6. The summed E-state index contributed by atoms with van der Waals surface area (Å²) in [5, 5.41) is 2.61. The molecule has 1 amide bonds. The molecule has 0 unspecified atom stereocenters. The number of hydrogen-bond acceptors (Lipinski definition) is 3. The molecule has 0 heterocycles. The smallest absolute Gasteiger partial charge is 0.352 e. The van der Waals surface area contributed by atoms with Gasteiger partial charge in [0.05, 0.1) is 0 Å². The molecule has 0 bridgehead atoms. The standard InChI is InChI=1S/C13H18F3N3O/c1-9-8-10(19-17)4-5-11(9)12(20)18-7-3-2-6-13(14,15)16/h4-5,8,19H,2-3,6-7,17H2,1H3,(H,18,20). The Balaban J connectivity index is 2.40. The number of aryl methyl sites for hydroxylation is 1. The first-order valence-electron chi connectivity index (χ1n) is 6.25. The van der Waals surface area contributed by atoms with Crippen LogP contribution in [-0.2, 0) is 0 Å². The Labute approximate surface area is 115 Å². The molecular formula is C13H18F3N3O. The summed E-state index contributed by atoms with van der Waals surface area (Å²) in [4.78, 5) is 11.8. The van der Waals surface area contributed by atoms with Gasteiger partial charge in [0.25, 0.3) is 5.91 Å². The maximum Gasteiger partial charge on any atom is 0.389 e. The molecule has 0 aliphatic heterocycles. The van der Waals surface area contributed by atoms with E-state index in [-0.39, 0.29) is 18.9 Å². The van der Waals surface area contributed by atoms with Crippen LogP contribution in [0.25, 0.3) is 0 Å². The summed E-state index contributed by atoms with van der Waals surface area (Å²) >= 11 is 0. The number of unbranched alkanes of at least 4 members (excludes halogenated alkanes) is 1. The Kier molecular flexibility index (Phi) is 5.82. The lowest BCUT2D eigenvalue weighted by Gasteiger charge is -2.10. The van der Waals surface area contributed by atoms with Crippen molar-refractivity contribution in [1.29, 1.82) is 0 Å². The number of carbonyl (C=O) groups excluding carboxylic acids is 1. The van der Waals surface area contributed by atoms with E-state index >= 15 is 0 Å². The second-order valence-corrected chi connectivity index (χ2v) is 4.50. The molecule has 0 aliphatic rings. The van der Waals surface area contributed by atoms with Gasteiger partial charge in [-0.05, 0) is 43.5 Å². The lowest BCUT2D eigenvalue weighted by Crippen LogP contribution is -2.25. The SMILES string of the molecule is Cc1cc(NN)ccc1C(=O)NCCCCC(F)(F)F. The molecule has 0 aromatic heterocycles. The Bertz CT molecular complexity index is 461. The molecular weight excluding hydrogens is 271 g/mol. The number of alkyl halides is 3. The van der Waals surface area contributed by atoms with E-state index in [1.54, 1.807) is 25.1 Å². The van der Waals surface area contributed by atoms with Crippen LogP contribution in [0.2, 0.25) is 0 Å². The van der Waals surface area contributed by atoms with Crippen molar-refractivity contribution in [3.8, 4) is 0 Å². The maximum absolute atomic E-state index is 11.9. The fraction of sp³-hybridized carbons (Fsp3) is 0.462. The van der Waals surface area contributed by atoms with Crippen LogP contribution in [0.15, 0.2) is 18.2 Å². The van der Waals surface area contributed by atoms with Crippen molar-refractivity contribution >= 4 is 11.6 Å². The molecule has 0 saturated carbocycles. The predicted octanol–water partition coefficient (Wildman–Crippen LogP) is 2.74. The van der Waals surface area contributed by atoms with Crippen LogP contribution < -0.4 is 16.6 Å². The Hall–Kier alpha value is -1.76. The van der Waals surface area contributed by atoms with Crippen molar-refractivity contribution in [3.05, 3.63) is 29.3 Å². The average molecular weight is 289 g/mol. The monoisotopic (exact) mass is 289 g/mol. The lowest BCUT2D eigenvalue weighted by molar-refractivity contribution is -0.135. The highest BCUT2D eigenvalue weighted by Gasteiger charge is 2.25. The van der Waals surface area contributed by atoms with Gasteiger partial charge >= 0.3 is 6.18 Å². The van der Waals surface area contributed by atoms with Gasteiger partial charge in [-0.3, -0.25) is 10.6 Å². The number of amides is 1. The topological polar surface area (TPSA) is 67.1 Å². The third-order valence-corrected chi connectivity index (χ3v) is 2.81. The van der Waals surface area contributed by atoms with Crippen molar-refractivity contribution in [2.45, 2.75) is 32.4 Å². The van der Waals surface area contributed by atoms with E-state index in [1.165, 1.54) is 0 Å². The van der Waals surface area contributed by atoms with Gasteiger partial charge in [-0.2, -0.15) is 13.2 Å². The molecule has 112 valence electrons. The number of nitrogens with two attached hydrogens (primary N) is 1. The van der Waals surface area contributed by atoms with Crippen molar-refractivity contribution < 1.29 is 18.0 Å². The molecule has 0 radical (unpaired) electrons. The van der Waals surface area contributed by atoms with Gasteiger partial charge in [0.2, 0.25) is 0 Å². The van der Waals surface area contributed by atoms with Crippen molar-refractivity contribution in [1.82, 2.24) is 5.32 Å². The molecule has 4 N–H and O–H groups in total. The number of anilines is 1. The summed E-state index contributed by atoms with van der Waals surface area (Å²) in [5.41, 5.74) is 4.38. The predicted molar refractivity (Wildman–Crippen MR) is 71.2 cm³/mol. The minimum absolute atomic E-state index is 0.0127. The molecule has 0 atom stereocenters. The minimum atomic E-state index is -4.13. The Morgan fingerprint density at radius 2 is 2.00 bits per heavy atom. The Morgan fingerprint density at radius 3 is 2.55 bits per heavy atom. The van der Waals surface area contributed by atoms with Crippen LogP contribution >= 0.6 is 0 Å². The fourth-order valence-electron chi connectivity index (χ4n) is 1.76. The summed E-state index contributed by atoms with van der Waals surface area (Å²) < 4.78 is 35.8. The number of hydrazine groups is 1. The molecule has 0 aliphatic carbocycles. The van der Waals surface area contributed by atoms with Gasteiger partial charge in [0.1, 0.15) is 0 Å². The van der Waals surface area contributed by atoms with Gasteiger partial charge in [-0.1, -0.05) is 0 Å². The van der Waals surface area contributed by atoms with Gasteiger partial charge in [-0.25, -0.2) is 0 Å². The number of nitrogen functional groups attached to an aromatic ring is 1. The molecule has 1 aromatic rings. The fourth-order valence-corrected chi connectivity index (χ4v) is 1.76. The first-order valence-corrected chi connectivity index (χ1v) is 6.25. The molecule has 7 heteroatoms. The lowest BCUT2D eigenvalue weighted by atomic mass is 10.1. The van der Waals surface area contributed by atoms with E-state index in [9.17, 15) is 18.0 Å². The van der Waals surface area contributed by atoms with Crippen LogP contribution in [0.3, 0.4) is 0 Å². The number of hydrogen-bond donors (Lipinski definition) is 3. The molecule has 1 aromatic carbocycles. The second-order valence-electron chi connectivity index (χ2n) is 4.50. The van der Waals surface area contributed by atoms with Crippen LogP contribution in [0.5, 0.6) is 0 Å². The van der Waals surface area contributed by atoms with Crippen LogP contribution in [0.1, 0.15) is 35.2 Å². The van der Waals surface area contributed by atoms with E-state index in [1.807, 2.05) is 0 Å². The van der Waals surface area contributed by atoms with Crippen molar-refractivity contribution in [2.75, 3.05) is 12.0 Å². The zero-order valence-corrected chi connectivity index (χ0v) is 11.2. The van der Waals surface area contributed by atoms with E-state index in [2.05, 4.69) is 10.7 Å². The van der Waals surface area contributed by atoms with Crippen molar-refractivity contribution in [2.24, 2.45) is 5.84 Å². The molecule has 0 spiro atoms. The molecule has 20 heavy (non-hydrogen) atoms. The number of benzene rings is 1. The summed E-state index contributed by atoms with van der Waals surface area (Å²) in [6.07, 6.45) is -4.64. The number of nitrogens with one attached hydrogen (secondary N) is 2. The molecule has 1 rings (SSSR count). The highest BCUT2D eigenvalue weighted by atomic mass is 19.4. The van der Waals surface area contributed by atoms with Crippen molar-refractivity contribution in [3.63, 3.8) is 0 Å². The molecule has 0 saturated heterocycles. The van der Waals surface area contributed by atoms with Gasteiger partial charge < -0.3 is 10.7 Å². The van der Waals surface area contributed by atoms with Gasteiger partial charge in [0.15, 0.2) is 0 Å². The van der Waals surface area contributed by atoms with Crippen LogP contribution in [0.4, 0.5) is 18.9 Å². The third-order valence-electron chi connectivity index (χ3n) is 2.81. The molecule has 0 fully saturated rings. The zero-order valence-electron chi connectivity index (χ0n) is 11.2. The Morgan fingerprint density at radius 1 is 1.30 bits per heavy atom. The first-order chi connectivity index (χ1) is 9.33. The van der Waals surface area contributed by atoms with E-state index < -0.39 is 12.6 Å². The molecule has 4 nitrogen and oxygen atoms in total. The maximum atomic E-state index is 11.9. The summed E-state index contributed by atoms with van der Waals surface area (Å²) in [6, 6.07) is 5.00. The van der Waals surface area contributed by atoms with Gasteiger partial charge in [0, 0.05) is 24.2 Å². The summed E-state index contributed by atoms with van der Waals surface area (Å²) in [7, 11) is 0. The third kappa shape index (κ3) is 5.48. The first kappa shape index (κ1) is 16.3. The van der Waals surface area contributed by atoms with Crippen LogP contribution in [0, 0.1) is 6.92 Å². The van der Waals surface area contributed by atoms with Crippen LogP contribution in [-0.4, -0.2) is 18.6 Å². The normalized spacial score (nSPS) is 11.2. The van der Waals surface area contributed by atoms with Gasteiger partial charge in [-0.15, -0.1) is 0 Å². The number of carbonyl (C=O) groups is 1. The zero-order chi connectivity index (χ0) is 15.2. The summed E-state index contributed by atoms with van der Waals surface area (Å²) in [5.74, 6) is 4.96. The minimum Gasteiger partial charge on any atom is -0.352 e. The quantitative estimate of drug-likeness (QED) is 0.428. The van der Waals surface area contributed by atoms with E-state index in [4.69, 9.17) is 5.84 Å². The number of halogens is 3. The second kappa shape index (κ2) is 7.14. The van der Waals surface area contributed by atoms with E-state index in [0.717, 1.165) is 5.56 Å². The largest absolute Gasteiger partial charge is 0.389 e. The van der Waals surface area contributed by atoms with E-state index in [0.29, 0.717) is 17.7 Å². The highest BCUT2D eigenvalue weighted by molar-refractivity contribution is 5.96. The highest BCUT2D eigenvalue weighted by Crippen LogP contribution is 2.21. The summed E-state index contributed by atoms with van der Waals surface area (Å²) in [6.45, 7) is 1.99. The average Bonchev–Trinajstić information content (AvgIpc) is 2.36.